The van der Waals surface area contributed by atoms with E-state index in [9.17, 15) is 9.18 Å². The quantitative estimate of drug-likeness (QED) is 0.549. The van der Waals surface area contributed by atoms with Gasteiger partial charge in [0.25, 0.3) is 0 Å². The monoisotopic (exact) mass is 280 g/mol. The molecule has 0 saturated heterocycles. The minimum absolute atomic E-state index is 0.0103. The molecular formula is C14H21FN4O. The molecule has 0 unspecified atom stereocenters. The molecular weight excluding hydrogens is 259 g/mol. The molecule has 0 aromatic heterocycles. The summed E-state index contributed by atoms with van der Waals surface area (Å²) in [6.45, 7) is 5.55. The molecule has 3 N–H and O–H groups in total. The number of guanidine groups is 1. The Balaban J connectivity index is 2.48. The van der Waals surface area contributed by atoms with Gasteiger partial charge in [-0.1, -0.05) is 6.92 Å². The van der Waals surface area contributed by atoms with E-state index in [0.29, 0.717) is 11.6 Å². The number of rotatable bonds is 6. The predicted octanol–water partition coefficient (Wildman–Crippen LogP) is 1.73. The minimum atomic E-state index is -0.334. The van der Waals surface area contributed by atoms with Crippen LogP contribution in [0.1, 0.15) is 20.3 Å². The van der Waals surface area contributed by atoms with Crippen molar-refractivity contribution in [3.05, 3.63) is 30.1 Å². The first kappa shape index (κ1) is 15.9. The molecule has 6 heteroatoms. The third-order valence-electron chi connectivity index (χ3n) is 2.40. The Labute approximate surface area is 118 Å². The Bertz CT molecular complexity index is 445. The summed E-state index contributed by atoms with van der Waals surface area (Å²) < 4.78 is 12.7. The second-order valence-corrected chi connectivity index (χ2v) is 4.18. The summed E-state index contributed by atoms with van der Waals surface area (Å²) in [4.78, 5) is 15.9. The van der Waals surface area contributed by atoms with Crippen LogP contribution in [0.15, 0.2) is 29.3 Å². The largest absolute Gasteiger partial charge is 0.357 e. The molecule has 0 bridgehead atoms. The molecule has 0 fully saturated rings. The molecule has 0 aliphatic heterocycles. The van der Waals surface area contributed by atoms with Crippen molar-refractivity contribution in [2.24, 2.45) is 4.99 Å². The van der Waals surface area contributed by atoms with Gasteiger partial charge in [0, 0.05) is 18.8 Å². The van der Waals surface area contributed by atoms with Crippen LogP contribution >= 0.6 is 0 Å². The van der Waals surface area contributed by atoms with E-state index in [-0.39, 0.29) is 18.3 Å². The summed E-state index contributed by atoms with van der Waals surface area (Å²) >= 11 is 0. The van der Waals surface area contributed by atoms with Crippen molar-refractivity contribution < 1.29 is 9.18 Å². The van der Waals surface area contributed by atoms with Crippen LogP contribution in [0, 0.1) is 5.82 Å². The molecule has 1 aromatic rings. The first-order valence-corrected chi connectivity index (χ1v) is 6.73. The van der Waals surface area contributed by atoms with E-state index in [2.05, 4.69) is 27.9 Å². The predicted molar refractivity (Wildman–Crippen MR) is 79.3 cm³/mol. The van der Waals surface area contributed by atoms with Crippen molar-refractivity contribution in [1.29, 1.82) is 0 Å². The molecule has 1 aromatic carbocycles. The Kier molecular flexibility index (Phi) is 7.10. The summed E-state index contributed by atoms with van der Waals surface area (Å²) in [5.74, 6) is 0.0353. The van der Waals surface area contributed by atoms with Gasteiger partial charge in [-0.3, -0.25) is 4.79 Å². The zero-order valence-electron chi connectivity index (χ0n) is 11.9. The van der Waals surface area contributed by atoms with E-state index in [1.54, 1.807) is 0 Å². The van der Waals surface area contributed by atoms with Gasteiger partial charge in [0.05, 0.1) is 0 Å². The van der Waals surface area contributed by atoms with Gasteiger partial charge in [-0.05, 0) is 37.6 Å². The number of anilines is 1. The zero-order chi connectivity index (χ0) is 14.8. The molecule has 0 heterocycles. The Morgan fingerprint density at radius 2 is 1.90 bits per heavy atom. The summed E-state index contributed by atoms with van der Waals surface area (Å²) in [6, 6.07) is 5.62. The second kappa shape index (κ2) is 8.90. The first-order chi connectivity index (χ1) is 9.65. The summed E-state index contributed by atoms with van der Waals surface area (Å²) in [5, 5.41) is 8.81. The summed E-state index contributed by atoms with van der Waals surface area (Å²) in [7, 11) is 0. The molecule has 0 saturated carbocycles. The Hall–Kier alpha value is -2.11. The van der Waals surface area contributed by atoms with Gasteiger partial charge in [0.15, 0.2) is 5.96 Å². The summed E-state index contributed by atoms with van der Waals surface area (Å²) in [6.07, 6.45) is 0.978. The molecule has 0 atom stereocenters. The normalized spacial score (nSPS) is 11.1. The number of nitrogens with one attached hydrogen (secondary N) is 3. The molecule has 110 valence electrons. The fraction of sp³-hybridized carbons (Fsp3) is 0.429. The van der Waals surface area contributed by atoms with Crippen LogP contribution in [-0.4, -0.2) is 31.5 Å². The topological polar surface area (TPSA) is 65.5 Å². The highest BCUT2D eigenvalue weighted by atomic mass is 19.1. The Morgan fingerprint density at radius 1 is 1.20 bits per heavy atom. The maximum atomic E-state index is 12.7. The van der Waals surface area contributed by atoms with Crippen molar-refractivity contribution in [3.63, 3.8) is 0 Å². The highest BCUT2D eigenvalue weighted by molar-refractivity contribution is 5.94. The maximum absolute atomic E-state index is 12.7. The number of amides is 1. The maximum Gasteiger partial charge on any atom is 0.246 e. The number of hydrogen-bond acceptors (Lipinski definition) is 2. The molecule has 0 radical (unpaired) electrons. The van der Waals surface area contributed by atoms with E-state index in [1.165, 1.54) is 24.3 Å². The highest BCUT2D eigenvalue weighted by Crippen LogP contribution is 2.07. The van der Waals surface area contributed by atoms with E-state index in [4.69, 9.17) is 0 Å². The highest BCUT2D eigenvalue weighted by Gasteiger charge is 2.03. The van der Waals surface area contributed by atoms with Gasteiger partial charge in [-0.2, -0.15) is 0 Å². The molecule has 0 aliphatic rings. The summed E-state index contributed by atoms with van der Waals surface area (Å²) in [5.41, 5.74) is 0.554. The molecule has 5 nitrogen and oxygen atoms in total. The number of halogens is 1. The lowest BCUT2D eigenvalue weighted by Crippen LogP contribution is -2.38. The number of carbonyl (C=O) groups is 1. The van der Waals surface area contributed by atoms with Crippen LogP contribution in [0.5, 0.6) is 0 Å². The van der Waals surface area contributed by atoms with Crippen LogP contribution in [-0.2, 0) is 4.79 Å². The first-order valence-electron chi connectivity index (χ1n) is 6.73. The van der Waals surface area contributed by atoms with Crippen molar-refractivity contribution in [2.45, 2.75) is 20.3 Å². The van der Waals surface area contributed by atoms with Crippen LogP contribution in [0.25, 0.3) is 0 Å². The van der Waals surface area contributed by atoms with Crippen molar-refractivity contribution in [1.82, 2.24) is 10.6 Å². The van der Waals surface area contributed by atoms with Gasteiger partial charge in [-0.15, -0.1) is 0 Å². The van der Waals surface area contributed by atoms with Crippen LogP contribution in [0.4, 0.5) is 10.1 Å². The molecule has 1 rings (SSSR count). The second-order valence-electron chi connectivity index (χ2n) is 4.18. The van der Waals surface area contributed by atoms with E-state index in [1.807, 2.05) is 6.92 Å². The average Bonchev–Trinajstić information content (AvgIpc) is 2.44. The van der Waals surface area contributed by atoms with Gasteiger partial charge in [0.2, 0.25) is 5.91 Å². The number of aliphatic imine (C=N–C) groups is 1. The van der Waals surface area contributed by atoms with Gasteiger partial charge in [0.1, 0.15) is 12.4 Å². The van der Waals surface area contributed by atoms with Crippen LogP contribution < -0.4 is 16.0 Å². The lowest BCUT2D eigenvalue weighted by molar-refractivity contribution is -0.114. The number of carbonyl (C=O) groups excluding carboxylic acids is 1. The van der Waals surface area contributed by atoms with E-state index in [0.717, 1.165) is 19.5 Å². The van der Waals surface area contributed by atoms with Gasteiger partial charge in [-0.25, -0.2) is 9.38 Å². The van der Waals surface area contributed by atoms with E-state index < -0.39 is 0 Å². The zero-order valence-corrected chi connectivity index (χ0v) is 11.9. The fourth-order valence-corrected chi connectivity index (χ4v) is 1.47. The fourth-order valence-electron chi connectivity index (χ4n) is 1.47. The van der Waals surface area contributed by atoms with Crippen molar-refractivity contribution in [3.8, 4) is 0 Å². The third kappa shape index (κ3) is 6.17. The van der Waals surface area contributed by atoms with Crippen LogP contribution in [0.3, 0.4) is 0 Å². The minimum Gasteiger partial charge on any atom is -0.357 e. The third-order valence-corrected chi connectivity index (χ3v) is 2.40. The number of benzene rings is 1. The molecule has 20 heavy (non-hydrogen) atoms. The molecule has 0 aliphatic carbocycles. The van der Waals surface area contributed by atoms with Crippen molar-refractivity contribution >= 4 is 17.6 Å². The number of hydrogen-bond donors (Lipinski definition) is 3. The smallest absolute Gasteiger partial charge is 0.246 e. The lowest BCUT2D eigenvalue weighted by atomic mass is 10.3. The van der Waals surface area contributed by atoms with Crippen molar-refractivity contribution in [2.75, 3.05) is 25.0 Å². The molecule has 1 amide bonds. The Morgan fingerprint density at radius 3 is 2.50 bits per heavy atom. The lowest BCUT2D eigenvalue weighted by Gasteiger charge is -2.10. The van der Waals surface area contributed by atoms with E-state index >= 15 is 0 Å². The number of nitrogens with zero attached hydrogens (tertiary/aromatic N) is 1. The van der Waals surface area contributed by atoms with Gasteiger partial charge < -0.3 is 16.0 Å². The standard InChI is InChI=1S/C14H21FN4O/c1-3-9-17-14(16-4-2)18-10-13(20)19-12-7-5-11(15)6-8-12/h5-8H,3-4,9-10H2,1-2H3,(H,19,20)(H2,16,17,18). The van der Waals surface area contributed by atoms with Crippen LogP contribution in [0.2, 0.25) is 0 Å². The molecule has 0 spiro atoms. The average molecular weight is 280 g/mol. The SMILES string of the molecule is CCCNC(=NCC(=O)Nc1ccc(F)cc1)NCC. The van der Waals surface area contributed by atoms with Gasteiger partial charge >= 0.3 is 0 Å².